The van der Waals surface area contributed by atoms with Crippen LogP contribution in [0.25, 0.3) is 0 Å². The van der Waals surface area contributed by atoms with Crippen molar-refractivity contribution in [1.82, 2.24) is 4.90 Å². The Bertz CT molecular complexity index is 547. The largest absolute Gasteiger partial charge is 0.338 e. The van der Waals surface area contributed by atoms with Gasteiger partial charge in [0.05, 0.1) is 4.92 Å². The topological polar surface area (TPSA) is 102 Å². The number of hydrogen-bond donors (Lipinski definition) is 2. The first kappa shape index (κ1) is 15.2. The van der Waals surface area contributed by atoms with Crippen LogP contribution in [0.15, 0.2) is 18.2 Å². The van der Waals surface area contributed by atoms with Crippen LogP contribution >= 0.6 is 0 Å². The number of rotatable bonds is 4. The van der Waals surface area contributed by atoms with E-state index in [1.807, 2.05) is 0 Å². The molecule has 1 aliphatic rings. The molecule has 3 N–H and O–H groups in total. The van der Waals surface area contributed by atoms with E-state index < -0.39 is 4.92 Å². The summed E-state index contributed by atoms with van der Waals surface area (Å²) >= 11 is 0. The second-order valence-electron chi connectivity index (χ2n) is 5.27. The molecule has 0 saturated carbocycles. The minimum Gasteiger partial charge on any atom is -0.338 e. The molecule has 0 radical (unpaired) electrons. The van der Waals surface area contributed by atoms with Gasteiger partial charge in [0.1, 0.15) is 11.3 Å². The van der Waals surface area contributed by atoms with Crippen molar-refractivity contribution in [3.63, 3.8) is 0 Å². The number of carbonyl (C=O) groups is 1. The average Bonchev–Trinajstić information content (AvgIpc) is 2.53. The van der Waals surface area contributed by atoms with Crippen LogP contribution in [0.2, 0.25) is 0 Å². The number of anilines is 1. The third-order valence-electron chi connectivity index (χ3n) is 3.99. The highest BCUT2D eigenvalue weighted by Crippen LogP contribution is 2.30. The van der Waals surface area contributed by atoms with Crippen molar-refractivity contribution in [3.8, 4) is 0 Å². The molecule has 0 aliphatic carbocycles. The summed E-state index contributed by atoms with van der Waals surface area (Å²) in [4.78, 5) is 25.0. The molecule has 1 aliphatic heterocycles. The van der Waals surface area contributed by atoms with E-state index >= 15 is 0 Å². The predicted molar refractivity (Wildman–Crippen MR) is 79.8 cm³/mol. The van der Waals surface area contributed by atoms with E-state index in [0.29, 0.717) is 19.0 Å². The van der Waals surface area contributed by atoms with Crippen LogP contribution in [0.5, 0.6) is 0 Å². The van der Waals surface area contributed by atoms with Gasteiger partial charge in [-0.15, -0.1) is 0 Å². The van der Waals surface area contributed by atoms with Crippen molar-refractivity contribution in [2.45, 2.75) is 26.2 Å². The zero-order valence-corrected chi connectivity index (χ0v) is 12.0. The van der Waals surface area contributed by atoms with Gasteiger partial charge in [0.15, 0.2) is 0 Å². The average molecular weight is 292 g/mol. The number of hydrogen-bond acceptors (Lipinski definition) is 5. The quantitative estimate of drug-likeness (QED) is 0.503. The normalized spacial score (nSPS) is 18.4. The van der Waals surface area contributed by atoms with E-state index in [2.05, 4.69) is 12.3 Å². The summed E-state index contributed by atoms with van der Waals surface area (Å²) in [7, 11) is 0. The van der Waals surface area contributed by atoms with Crippen molar-refractivity contribution in [1.29, 1.82) is 0 Å². The first-order valence-corrected chi connectivity index (χ1v) is 7.11. The molecule has 1 unspecified atom stereocenters. The Morgan fingerprint density at radius 1 is 1.57 bits per heavy atom. The number of carbonyl (C=O) groups excluding carboxylic acids is 1. The van der Waals surface area contributed by atoms with Gasteiger partial charge in [-0.2, -0.15) is 0 Å². The minimum absolute atomic E-state index is 0.0900. The van der Waals surface area contributed by atoms with Crippen LogP contribution in [0.3, 0.4) is 0 Å². The molecule has 1 amide bonds. The van der Waals surface area contributed by atoms with Crippen molar-refractivity contribution < 1.29 is 9.72 Å². The lowest BCUT2D eigenvalue weighted by molar-refractivity contribution is -0.384. The molecule has 2 rings (SSSR count). The molecule has 7 heteroatoms. The number of benzene rings is 1. The number of likely N-dealkylation sites (tertiary alicyclic amines) is 1. The fraction of sp³-hybridized carbons (Fsp3) is 0.500. The van der Waals surface area contributed by atoms with E-state index in [4.69, 9.17) is 5.84 Å². The highest BCUT2D eigenvalue weighted by molar-refractivity contribution is 6.00. The molecule has 1 atom stereocenters. The SMILES string of the molecule is CCC1CCCN(C(=O)c2cccc(NN)c2[N+](=O)[O-])C1. The maximum absolute atomic E-state index is 12.6. The highest BCUT2D eigenvalue weighted by Gasteiger charge is 2.30. The fourth-order valence-corrected chi connectivity index (χ4v) is 2.78. The Labute approximate surface area is 123 Å². The van der Waals surface area contributed by atoms with Gasteiger partial charge < -0.3 is 10.3 Å². The van der Waals surface area contributed by atoms with Gasteiger partial charge in [-0.3, -0.25) is 20.8 Å². The summed E-state index contributed by atoms with van der Waals surface area (Å²) in [5.74, 6) is 5.48. The third kappa shape index (κ3) is 3.13. The number of nitrogens with zero attached hydrogens (tertiary/aromatic N) is 2. The Morgan fingerprint density at radius 2 is 2.33 bits per heavy atom. The lowest BCUT2D eigenvalue weighted by Crippen LogP contribution is -2.40. The standard InChI is InChI=1S/C14H20N4O3/c1-2-10-5-4-8-17(9-10)14(19)11-6-3-7-12(16-15)13(11)18(20)21/h3,6-7,10,16H,2,4-5,8-9,15H2,1H3. The molecule has 1 heterocycles. The molecule has 21 heavy (non-hydrogen) atoms. The number of nitrogens with two attached hydrogens (primary N) is 1. The molecular weight excluding hydrogens is 272 g/mol. The maximum Gasteiger partial charge on any atom is 0.306 e. The van der Waals surface area contributed by atoms with Gasteiger partial charge in [-0.25, -0.2) is 0 Å². The number of hydrazine groups is 1. The highest BCUT2D eigenvalue weighted by atomic mass is 16.6. The van der Waals surface area contributed by atoms with Crippen molar-refractivity contribution >= 4 is 17.3 Å². The maximum atomic E-state index is 12.6. The Morgan fingerprint density at radius 3 is 2.95 bits per heavy atom. The van der Waals surface area contributed by atoms with Crippen molar-refractivity contribution in [2.24, 2.45) is 11.8 Å². The van der Waals surface area contributed by atoms with Gasteiger partial charge in [-0.1, -0.05) is 19.4 Å². The van der Waals surface area contributed by atoms with E-state index in [0.717, 1.165) is 19.3 Å². The Hall–Kier alpha value is -2.15. The Kier molecular flexibility index (Phi) is 4.74. The monoisotopic (exact) mass is 292 g/mol. The van der Waals surface area contributed by atoms with Crippen molar-refractivity contribution in [2.75, 3.05) is 18.5 Å². The van der Waals surface area contributed by atoms with Crippen LogP contribution in [0.4, 0.5) is 11.4 Å². The molecule has 1 aromatic carbocycles. The van der Waals surface area contributed by atoms with Gasteiger partial charge >= 0.3 is 5.69 Å². The number of nitrogen functional groups attached to an aromatic ring is 1. The number of amides is 1. The second kappa shape index (κ2) is 6.53. The van der Waals surface area contributed by atoms with Crippen LogP contribution in [-0.2, 0) is 0 Å². The summed E-state index contributed by atoms with van der Waals surface area (Å²) in [6.45, 7) is 3.40. The van der Waals surface area contributed by atoms with Crippen LogP contribution in [0.1, 0.15) is 36.5 Å². The van der Waals surface area contributed by atoms with Gasteiger partial charge in [0, 0.05) is 13.1 Å². The molecule has 114 valence electrons. The molecule has 0 bridgehead atoms. The van der Waals surface area contributed by atoms with E-state index in [9.17, 15) is 14.9 Å². The molecule has 0 spiro atoms. The zero-order chi connectivity index (χ0) is 15.4. The lowest BCUT2D eigenvalue weighted by Gasteiger charge is -2.32. The fourth-order valence-electron chi connectivity index (χ4n) is 2.78. The van der Waals surface area contributed by atoms with E-state index in [-0.39, 0.29) is 22.8 Å². The molecule has 0 aromatic heterocycles. The molecule has 1 fully saturated rings. The van der Waals surface area contributed by atoms with Gasteiger partial charge in [-0.05, 0) is 30.9 Å². The van der Waals surface area contributed by atoms with E-state index in [1.54, 1.807) is 11.0 Å². The summed E-state index contributed by atoms with van der Waals surface area (Å²) in [6.07, 6.45) is 3.05. The third-order valence-corrected chi connectivity index (χ3v) is 3.99. The van der Waals surface area contributed by atoms with E-state index in [1.165, 1.54) is 12.1 Å². The number of nitro groups is 1. The second-order valence-corrected chi connectivity index (χ2v) is 5.27. The van der Waals surface area contributed by atoms with Crippen LogP contribution in [-0.4, -0.2) is 28.8 Å². The van der Waals surface area contributed by atoms with Crippen molar-refractivity contribution in [3.05, 3.63) is 33.9 Å². The molecule has 1 aromatic rings. The zero-order valence-electron chi connectivity index (χ0n) is 12.0. The molecular formula is C14H20N4O3. The summed E-state index contributed by atoms with van der Waals surface area (Å²) in [5.41, 5.74) is 2.26. The summed E-state index contributed by atoms with van der Waals surface area (Å²) in [5, 5.41) is 11.2. The lowest BCUT2D eigenvalue weighted by atomic mass is 9.95. The number of piperidine rings is 1. The first-order chi connectivity index (χ1) is 10.1. The summed E-state index contributed by atoms with van der Waals surface area (Å²) < 4.78 is 0. The molecule has 7 nitrogen and oxygen atoms in total. The smallest absolute Gasteiger partial charge is 0.306 e. The number of nitrogens with one attached hydrogen (secondary N) is 1. The number of para-hydroxylation sites is 1. The minimum atomic E-state index is -0.566. The van der Waals surface area contributed by atoms with Crippen LogP contribution < -0.4 is 11.3 Å². The Balaban J connectivity index is 2.32. The predicted octanol–water partition coefficient (Wildman–Crippen LogP) is 2.14. The van der Waals surface area contributed by atoms with Gasteiger partial charge in [0.25, 0.3) is 5.91 Å². The van der Waals surface area contributed by atoms with Crippen LogP contribution in [0, 0.1) is 16.0 Å². The first-order valence-electron chi connectivity index (χ1n) is 7.11. The number of nitro benzene ring substituents is 1. The molecule has 1 saturated heterocycles. The summed E-state index contributed by atoms with van der Waals surface area (Å²) in [6, 6.07) is 4.56. The van der Waals surface area contributed by atoms with Gasteiger partial charge in [0.2, 0.25) is 0 Å².